The van der Waals surface area contributed by atoms with Gasteiger partial charge in [-0.1, -0.05) is 76.4 Å². The molecule has 32 heavy (non-hydrogen) atoms. The van der Waals surface area contributed by atoms with E-state index in [0.717, 1.165) is 43.7 Å². The van der Waals surface area contributed by atoms with Gasteiger partial charge in [0.25, 0.3) is 0 Å². The summed E-state index contributed by atoms with van der Waals surface area (Å²) in [4.78, 5) is 0. The third-order valence-electron chi connectivity index (χ3n) is 8.11. The molecule has 1 saturated heterocycles. The molecule has 1 heterocycles. The molecule has 0 N–H and O–H groups in total. The number of unbranched alkanes of at least 4 members (excludes halogenated alkanes) is 2. The maximum Gasteiger partial charge on any atom is 0.158 e. The van der Waals surface area contributed by atoms with E-state index in [9.17, 15) is 17.6 Å². The standard InChI is InChI=1S/C27H40F4Si/c1-2-3-14-32-15-12-21(13-16-32)7-5-4-6-20-8-10-22(11-9-20)27-24(29)17-23(18-25(27)30)26(31)19-28/h17-22,32H,2-16H2,1H3/b26-19-/t20-,21?,22-,32?. The molecule has 3 rings (SSSR count). The van der Waals surface area contributed by atoms with Gasteiger partial charge in [-0.25, -0.2) is 17.6 Å². The molecule has 1 aliphatic carbocycles. The molecule has 0 unspecified atom stereocenters. The van der Waals surface area contributed by atoms with Crippen LogP contribution in [0.1, 0.15) is 101 Å². The lowest BCUT2D eigenvalue weighted by atomic mass is 9.76. The first kappa shape index (κ1) is 25.5. The molecule has 0 aromatic heterocycles. The largest absolute Gasteiger partial charge is 0.212 e. The average molecular weight is 469 g/mol. The van der Waals surface area contributed by atoms with Gasteiger partial charge >= 0.3 is 0 Å². The average Bonchev–Trinajstić information content (AvgIpc) is 2.81. The lowest BCUT2D eigenvalue weighted by molar-refractivity contribution is 0.290. The van der Waals surface area contributed by atoms with Crippen molar-refractivity contribution >= 4 is 14.6 Å². The fraction of sp³-hybridized carbons (Fsp3) is 0.704. The summed E-state index contributed by atoms with van der Waals surface area (Å²) in [6, 6.07) is 6.53. The van der Waals surface area contributed by atoms with Crippen LogP contribution < -0.4 is 0 Å². The molecule has 2 fully saturated rings. The van der Waals surface area contributed by atoms with E-state index in [1.807, 2.05) is 0 Å². The van der Waals surface area contributed by atoms with Crippen LogP contribution in [-0.2, 0) is 0 Å². The summed E-state index contributed by atoms with van der Waals surface area (Å²) in [5.41, 5.74) is -0.325. The Morgan fingerprint density at radius 1 is 0.906 bits per heavy atom. The molecular weight excluding hydrogens is 428 g/mol. The summed E-state index contributed by atoms with van der Waals surface area (Å²) < 4.78 is 54.6. The van der Waals surface area contributed by atoms with Crippen LogP contribution in [-0.4, -0.2) is 8.80 Å². The van der Waals surface area contributed by atoms with Gasteiger partial charge in [-0.2, -0.15) is 0 Å². The molecule has 0 nitrogen and oxygen atoms in total. The molecule has 1 aliphatic heterocycles. The second-order valence-electron chi connectivity index (χ2n) is 10.3. The third-order valence-corrected chi connectivity index (χ3v) is 11.6. The molecule has 5 heteroatoms. The van der Waals surface area contributed by atoms with Crippen molar-refractivity contribution in [3.63, 3.8) is 0 Å². The molecule has 2 aliphatic rings. The van der Waals surface area contributed by atoms with E-state index in [4.69, 9.17) is 0 Å². The van der Waals surface area contributed by atoms with Gasteiger partial charge in [0, 0.05) is 19.9 Å². The Kier molecular flexibility index (Phi) is 10.3. The summed E-state index contributed by atoms with van der Waals surface area (Å²) in [5.74, 6) is -1.31. The monoisotopic (exact) mass is 468 g/mol. The van der Waals surface area contributed by atoms with Gasteiger partial charge < -0.3 is 0 Å². The zero-order chi connectivity index (χ0) is 22.9. The van der Waals surface area contributed by atoms with Gasteiger partial charge in [0.05, 0.1) is 0 Å². The highest BCUT2D eigenvalue weighted by atomic mass is 28.3. The van der Waals surface area contributed by atoms with Crippen molar-refractivity contribution in [3.05, 3.63) is 41.2 Å². The highest BCUT2D eigenvalue weighted by molar-refractivity contribution is 6.58. The molecular formula is C27H40F4Si. The van der Waals surface area contributed by atoms with Crippen LogP contribution >= 0.6 is 0 Å². The van der Waals surface area contributed by atoms with Crippen molar-refractivity contribution in [2.45, 2.75) is 108 Å². The van der Waals surface area contributed by atoms with E-state index < -0.39 is 17.5 Å². The van der Waals surface area contributed by atoms with Gasteiger partial charge in [0.15, 0.2) is 5.83 Å². The molecule has 0 spiro atoms. The summed E-state index contributed by atoms with van der Waals surface area (Å²) in [6.45, 7) is 2.30. The van der Waals surface area contributed by atoms with Crippen molar-refractivity contribution in [2.75, 3.05) is 0 Å². The molecule has 180 valence electrons. The van der Waals surface area contributed by atoms with Crippen molar-refractivity contribution < 1.29 is 17.6 Å². The van der Waals surface area contributed by atoms with Gasteiger partial charge in [-0.05, 0) is 55.6 Å². The molecule has 1 aromatic rings. The SMILES string of the molecule is CCCC[SiH]1CCC(CCCC[C@H]2CC[C@H](c3c(F)cc(/C(F)=C/F)cc3F)CC2)CC1. The van der Waals surface area contributed by atoms with E-state index in [-0.39, 0.29) is 32.2 Å². The fourth-order valence-corrected chi connectivity index (χ4v) is 9.82. The maximum atomic E-state index is 14.4. The summed E-state index contributed by atoms with van der Waals surface area (Å²) in [6.07, 6.45) is 14.2. The molecule has 0 radical (unpaired) electrons. The van der Waals surface area contributed by atoms with E-state index >= 15 is 0 Å². The minimum absolute atomic E-state index is 0.0527. The van der Waals surface area contributed by atoms with Crippen molar-refractivity contribution in [1.82, 2.24) is 0 Å². The number of halogens is 4. The van der Waals surface area contributed by atoms with Crippen LogP contribution in [0.2, 0.25) is 18.1 Å². The van der Waals surface area contributed by atoms with Crippen LogP contribution in [0.3, 0.4) is 0 Å². The molecule has 1 saturated carbocycles. The van der Waals surface area contributed by atoms with E-state index in [2.05, 4.69) is 6.92 Å². The van der Waals surface area contributed by atoms with E-state index in [1.165, 1.54) is 51.4 Å². The number of benzene rings is 1. The van der Waals surface area contributed by atoms with Gasteiger partial charge in [0.1, 0.15) is 18.0 Å². The molecule has 1 aromatic carbocycles. The minimum Gasteiger partial charge on any atom is -0.212 e. The van der Waals surface area contributed by atoms with Gasteiger partial charge in [0.2, 0.25) is 0 Å². The Hall–Kier alpha value is -1.10. The first-order valence-corrected chi connectivity index (χ1v) is 15.4. The Labute approximate surface area is 193 Å². The van der Waals surface area contributed by atoms with Crippen molar-refractivity contribution in [3.8, 4) is 0 Å². The third kappa shape index (κ3) is 7.20. The van der Waals surface area contributed by atoms with Gasteiger partial charge in [-0.15, -0.1) is 0 Å². The Morgan fingerprint density at radius 3 is 2.00 bits per heavy atom. The van der Waals surface area contributed by atoms with Crippen molar-refractivity contribution in [2.24, 2.45) is 11.8 Å². The van der Waals surface area contributed by atoms with Crippen LogP contribution in [0, 0.1) is 23.5 Å². The predicted molar refractivity (Wildman–Crippen MR) is 129 cm³/mol. The zero-order valence-corrected chi connectivity index (χ0v) is 20.8. The highest BCUT2D eigenvalue weighted by Crippen LogP contribution is 2.40. The quantitative estimate of drug-likeness (QED) is 0.182. The predicted octanol–water partition coefficient (Wildman–Crippen LogP) is 9.47. The highest BCUT2D eigenvalue weighted by Gasteiger charge is 2.27. The molecule has 0 amide bonds. The molecule has 0 atom stereocenters. The smallest absolute Gasteiger partial charge is 0.158 e. The summed E-state index contributed by atoms with van der Waals surface area (Å²) >= 11 is 0. The molecule has 0 bridgehead atoms. The fourth-order valence-electron chi connectivity index (χ4n) is 6.08. The first-order valence-electron chi connectivity index (χ1n) is 13.0. The van der Waals surface area contributed by atoms with Crippen LogP contribution in [0.4, 0.5) is 17.6 Å². The second kappa shape index (κ2) is 13.0. The van der Waals surface area contributed by atoms with Crippen molar-refractivity contribution in [1.29, 1.82) is 0 Å². The van der Waals surface area contributed by atoms with Crippen LogP contribution in [0.25, 0.3) is 5.83 Å². The lowest BCUT2D eigenvalue weighted by Gasteiger charge is -2.30. The summed E-state index contributed by atoms with van der Waals surface area (Å²) in [7, 11) is -0.387. The first-order chi connectivity index (χ1) is 15.5. The Balaban J connectivity index is 1.35. The minimum atomic E-state index is -1.25. The number of hydrogen-bond donors (Lipinski definition) is 0. The second-order valence-corrected chi connectivity index (χ2v) is 13.8. The van der Waals surface area contributed by atoms with E-state index in [1.54, 1.807) is 18.1 Å². The lowest BCUT2D eigenvalue weighted by Crippen LogP contribution is -2.21. The van der Waals surface area contributed by atoms with E-state index in [0.29, 0.717) is 5.92 Å². The Morgan fingerprint density at radius 2 is 1.47 bits per heavy atom. The summed E-state index contributed by atoms with van der Waals surface area (Å²) in [5, 5.41) is 0. The number of hydrogen-bond acceptors (Lipinski definition) is 0. The van der Waals surface area contributed by atoms with Crippen LogP contribution in [0.15, 0.2) is 18.5 Å². The zero-order valence-electron chi connectivity index (χ0n) is 19.7. The maximum absolute atomic E-state index is 14.4. The van der Waals surface area contributed by atoms with Gasteiger partial charge in [-0.3, -0.25) is 0 Å². The normalized spacial score (nSPS) is 27.0. The number of rotatable bonds is 10. The van der Waals surface area contributed by atoms with Crippen LogP contribution in [0.5, 0.6) is 0 Å². The Bertz CT molecular complexity index is 708. The topological polar surface area (TPSA) is 0 Å².